The number of hydrogen-bond donors (Lipinski definition) is 1. The van der Waals surface area contributed by atoms with Gasteiger partial charge >= 0.3 is 0 Å². The van der Waals surface area contributed by atoms with Crippen molar-refractivity contribution in [3.63, 3.8) is 0 Å². The van der Waals surface area contributed by atoms with E-state index in [-0.39, 0.29) is 0 Å². The molecule has 0 aliphatic rings. The molecule has 98 valence electrons. The summed E-state index contributed by atoms with van der Waals surface area (Å²) in [5.74, 6) is 0. The van der Waals surface area contributed by atoms with Gasteiger partial charge in [-0.05, 0) is 32.0 Å². The summed E-state index contributed by atoms with van der Waals surface area (Å²) in [5, 5.41) is 3.53. The van der Waals surface area contributed by atoms with Crippen molar-refractivity contribution in [1.82, 2.24) is 19.4 Å². The smallest absolute Gasteiger partial charge is 0.0946 e. The highest BCUT2D eigenvalue weighted by molar-refractivity contribution is 5.11. The van der Waals surface area contributed by atoms with Crippen LogP contribution in [0, 0.1) is 0 Å². The average Bonchev–Trinajstić information content (AvgIpc) is 3.03. The van der Waals surface area contributed by atoms with Crippen molar-refractivity contribution in [3.05, 3.63) is 42.7 Å². The standard InChI is InChI=1S/C14H22N4/c1-3-6-16-13(2)14-5-4-8-18(14)11-10-17-9-7-15-12-17/h4-5,7-9,12-13,16H,3,6,10-11H2,1-2H3. The molecule has 2 heterocycles. The average molecular weight is 246 g/mol. The maximum Gasteiger partial charge on any atom is 0.0946 e. The Morgan fingerprint density at radius 2 is 2.22 bits per heavy atom. The third-order valence-electron chi connectivity index (χ3n) is 3.17. The summed E-state index contributed by atoms with van der Waals surface area (Å²) in [6.45, 7) is 7.42. The first-order chi connectivity index (χ1) is 8.81. The van der Waals surface area contributed by atoms with E-state index in [2.05, 4.69) is 51.6 Å². The number of hydrogen-bond acceptors (Lipinski definition) is 2. The first-order valence-corrected chi connectivity index (χ1v) is 6.65. The predicted molar refractivity (Wildman–Crippen MR) is 73.4 cm³/mol. The number of imidazole rings is 1. The molecule has 0 aromatic carbocycles. The third kappa shape index (κ3) is 3.23. The Bertz CT molecular complexity index is 444. The maximum atomic E-state index is 4.06. The van der Waals surface area contributed by atoms with E-state index in [0.717, 1.165) is 19.6 Å². The fraction of sp³-hybridized carbons (Fsp3) is 0.500. The van der Waals surface area contributed by atoms with Crippen molar-refractivity contribution in [2.75, 3.05) is 6.54 Å². The van der Waals surface area contributed by atoms with Gasteiger partial charge in [0, 0.05) is 43.4 Å². The first-order valence-electron chi connectivity index (χ1n) is 6.65. The van der Waals surface area contributed by atoms with E-state index < -0.39 is 0 Å². The minimum absolute atomic E-state index is 0.405. The molecule has 1 unspecified atom stereocenters. The van der Waals surface area contributed by atoms with E-state index in [1.807, 2.05) is 18.7 Å². The molecule has 1 N–H and O–H groups in total. The monoisotopic (exact) mass is 246 g/mol. The molecule has 0 saturated heterocycles. The molecule has 1 atom stereocenters. The SMILES string of the molecule is CCCNC(C)c1cccn1CCn1ccnc1. The predicted octanol–water partition coefficient (Wildman–Crippen LogP) is 2.45. The van der Waals surface area contributed by atoms with Crippen molar-refractivity contribution in [2.45, 2.75) is 39.4 Å². The number of aromatic nitrogens is 3. The topological polar surface area (TPSA) is 34.8 Å². The van der Waals surface area contributed by atoms with Gasteiger partial charge in [0.25, 0.3) is 0 Å². The summed E-state index contributed by atoms with van der Waals surface area (Å²) < 4.78 is 4.42. The van der Waals surface area contributed by atoms with Gasteiger partial charge in [-0.3, -0.25) is 0 Å². The molecular formula is C14H22N4. The van der Waals surface area contributed by atoms with Crippen molar-refractivity contribution in [1.29, 1.82) is 0 Å². The normalized spacial score (nSPS) is 12.8. The van der Waals surface area contributed by atoms with Crippen LogP contribution < -0.4 is 5.32 Å². The lowest BCUT2D eigenvalue weighted by Crippen LogP contribution is -2.22. The van der Waals surface area contributed by atoms with Crippen LogP contribution in [0.4, 0.5) is 0 Å². The molecule has 0 aliphatic heterocycles. The quantitative estimate of drug-likeness (QED) is 0.814. The van der Waals surface area contributed by atoms with Crippen molar-refractivity contribution >= 4 is 0 Å². The molecule has 0 radical (unpaired) electrons. The summed E-state index contributed by atoms with van der Waals surface area (Å²) in [6.07, 6.45) is 9.00. The van der Waals surface area contributed by atoms with E-state index in [1.165, 1.54) is 12.1 Å². The Morgan fingerprint density at radius 3 is 2.94 bits per heavy atom. The second-order valence-electron chi connectivity index (χ2n) is 4.60. The lowest BCUT2D eigenvalue weighted by atomic mass is 10.2. The lowest BCUT2D eigenvalue weighted by molar-refractivity contribution is 0.502. The molecule has 18 heavy (non-hydrogen) atoms. The van der Waals surface area contributed by atoms with Crippen LogP contribution in [0.15, 0.2) is 37.1 Å². The number of aryl methyl sites for hydroxylation is 2. The van der Waals surface area contributed by atoms with Crippen LogP contribution >= 0.6 is 0 Å². The van der Waals surface area contributed by atoms with Gasteiger partial charge in [0.1, 0.15) is 0 Å². The molecule has 0 saturated carbocycles. The van der Waals surface area contributed by atoms with Crippen LogP contribution in [0.25, 0.3) is 0 Å². The van der Waals surface area contributed by atoms with E-state index in [4.69, 9.17) is 0 Å². The van der Waals surface area contributed by atoms with Gasteiger partial charge in [0.05, 0.1) is 6.33 Å². The molecular weight excluding hydrogens is 224 g/mol. The van der Waals surface area contributed by atoms with E-state index in [9.17, 15) is 0 Å². The molecule has 0 aliphatic carbocycles. The molecule has 0 amide bonds. The highest BCUT2D eigenvalue weighted by Gasteiger charge is 2.08. The highest BCUT2D eigenvalue weighted by Crippen LogP contribution is 2.13. The summed E-state index contributed by atoms with van der Waals surface area (Å²) >= 11 is 0. The molecule has 2 aromatic rings. The zero-order valence-electron chi connectivity index (χ0n) is 11.2. The zero-order chi connectivity index (χ0) is 12.8. The van der Waals surface area contributed by atoms with Gasteiger partial charge in [-0.15, -0.1) is 0 Å². The minimum Gasteiger partial charge on any atom is -0.348 e. The van der Waals surface area contributed by atoms with Gasteiger partial charge < -0.3 is 14.5 Å². The Morgan fingerprint density at radius 1 is 1.33 bits per heavy atom. The molecule has 4 heteroatoms. The van der Waals surface area contributed by atoms with E-state index >= 15 is 0 Å². The van der Waals surface area contributed by atoms with Gasteiger partial charge in [-0.2, -0.15) is 0 Å². The van der Waals surface area contributed by atoms with Crippen LogP contribution in [0.5, 0.6) is 0 Å². The van der Waals surface area contributed by atoms with Crippen LogP contribution in [0.2, 0.25) is 0 Å². The van der Waals surface area contributed by atoms with Crippen molar-refractivity contribution in [2.24, 2.45) is 0 Å². The number of nitrogens with zero attached hydrogens (tertiary/aromatic N) is 3. The number of nitrogens with one attached hydrogen (secondary N) is 1. The second-order valence-corrected chi connectivity index (χ2v) is 4.60. The summed E-state index contributed by atoms with van der Waals surface area (Å²) in [4.78, 5) is 4.06. The van der Waals surface area contributed by atoms with Crippen LogP contribution in [0.3, 0.4) is 0 Å². The fourth-order valence-corrected chi connectivity index (χ4v) is 2.13. The Balaban J connectivity index is 1.94. The van der Waals surface area contributed by atoms with Crippen molar-refractivity contribution in [3.8, 4) is 0 Å². The molecule has 0 spiro atoms. The fourth-order valence-electron chi connectivity index (χ4n) is 2.13. The third-order valence-corrected chi connectivity index (χ3v) is 3.17. The Kier molecular flexibility index (Phi) is 4.59. The summed E-state index contributed by atoms with van der Waals surface area (Å²) in [5.41, 5.74) is 1.35. The molecule has 4 nitrogen and oxygen atoms in total. The van der Waals surface area contributed by atoms with E-state index in [1.54, 1.807) is 0 Å². The van der Waals surface area contributed by atoms with Gasteiger partial charge in [0.2, 0.25) is 0 Å². The van der Waals surface area contributed by atoms with Gasteiger partial charge in [-0.25, -0.2) is 4.98 Å². The first kappa shape index (κ1) is 12.9. The van der Waals surface area contributed by atoms with Crippen LogP contribution in [-0.2, 0) is 13.1 Å². The van der Waals surface area contributed by atoms with Crippen LogP contribution in [-0.4, -0.2) is 20.7 Å². The highest BCUT2D eigenvalue weighted by atomic mass is 15.1. The van der Waals surface area contributed by atoms with Gasteiger partial charge in [-0.1, -0.05) is 6.92 Å². The minimum atomic E-state index is 0.405. The van der Waals surface area contributed by atoms with Crippen LogP contribution in [0.1, 0.15) is 32.0 Å². The molecule has 2 aromatic heterocycles. The molecule has 0 bridgehead atoms. The number of rotatable bonds is 7. The summed E-state index contributed by atoms with van der Waals surface area (Å²) in [6, 6.07) is 4.72. The van der Waals surface area contributed by atoms with Crippen molar-refractivity contribution < 1.29 is 0 Å². The molecule has 2 rings (SSSR count). The maximum absolute atomic E-state index is 4.06. The van der Waals surface area contributed by atoms with Gasteiger partial charge in [0.15, 0.2) is 0 Å². The Hall–Kier alpha value is -1.55. The second kappa shape index (κ2) is 6.40. The summed E-state index contributed by atoms with van der Waals surface area (Å²) in [7, 11) is 0. The Labute approximate surface area is 109 Å². The molecule has 0 fully saturated rings. The zero-order valence-corrected chi connectivity index (χ0v) is 11.2. The lowest BCUT2D eigenvalue weighted by Gasteiger charge is -2.17. The van der Waals surface area contributed by atoms with E-state index in [0.29, 0.717) is 6.04 Å². The largest absolute Gasteiger partial charge is 0.348 e.